The molecule has 4 rings (SSSR count). The molecule has 0 saturated heterocycles. The lowest BCUT2D eigenvalue weighted by Gasteiger charge is -2.11. The number of aryl methyl sites for hydroxylation is 2. The number of fused-ring (bicyclic) bond motifs is 1. The van der Waals surface area contributed by atoms with E-state index >= 15 is 0 Å². The van der Waals surface area contributed by atoms with Crippen LogP contribution >= 0.6 is 0 Å². The second-order valence-electron chi connectivity index (χ2n) is 7.87. The second kappa shape index (κ2) is 8.75. The summed E-state index contributed by atoms with van der Waals surface area (Å²) in [6.45, 7) is 2.94. The number of nitrogens with zero attached hydrogens (tertiary/aromatic N) is 1. The van der Waals surface area contributed by atoms with Gasteiger partial charge < -0.3 is 14.9 Å². The average Bonchev–Trinajstić information content (AvgIpc) is 3.31. The van der Waals surface area contributed by atoms with E-state index in [0.29, 0.717) is 48.4 Å². The molecule has 0 amide bonds. The molecule has 1 atom stereocenters. The Labute approximate surface area is 179 Å². The highest BCUT2D eigenvalue weighted by atomic mass is 19.4. The molecule has 0 radical (unpaired) electrons. The van der Waals surface area contributed by atoms with Crippen LogP contribution in [0.25, 0.3) is 11.5 Å². The molecule has 0 unspecified atom stereocenters. The molecule has 0 saturated carbocycles. The minimum absolute atomic E-state index is 0.310. The fourth-order valence-electron chi connectivity index (χ4n) is 4.12. The lowest BCUT2D eigenvalue weighted by molar-refractivity contribution is -0.137. The maximum Gasteiger partial charge on any atom is 0.416 e. The Hall–Kier alpha value is -2.80. The van der Waals surface area contributed by atoms with Gasteiger partial charge in [-0.3, -0.25) is 0 Å². The Bertz CT molecular complexity index is 1040. The van der Waals surface area contributed by atoms with Gasteiger partial charge in [-0.2, -0.15) is 13.2 Å². The van der Waals surface area contributed by atoms with Crippen LogP contribution in [-0.4, -0.2) is 18.1 Å². The zero-order valence-corrected chi connectivity index (χ0v) is 17.3. The third-order valence-corrected chi connectivity index (χ3v) is 5.78. The van der Waals surface area contributed by atoms with Gasteiger partial charge in [-0.1, -0.05) is 6.07 Å². The number of hydrogen-bond donors (Lipinski definition) is 1. The summed E-state index contributed by atoms with van der Waals surface area (Å²) in [6, 6.07) is 11.0. The van der Waals surface area contributed by atoms with Crippen molar-refractivity contribution in [1.29, 1.82) is 0 Å². The molecule has 3 aromatic rings. The topological polar surface area (TPSA) is 61.3 Å². The van der Waals surface area contributed by atoms with E-state index in [1.54, 1.807) is 0 Å². The summed E-state index contributed by atoms with van der Waals surface area (Å²) in [6.07, 6.45) is -0.642. The highest BCUT2D eigenvalue weighted by Crippen LogP contribution is 2.37. The SMILES string of the molecule is Cc1nc(-c2ccc(C(F)(F)F)cc2)oc1CCOc1ccc2c(c1)CC[C@H]2CCN. The molecule has 0 aliphatic heterocycles. The van der Waals surface area contributed by atoms with Crippen molar-refractivity contribution in [2.45, 2.75) is 44.7 Å². The van der Waals surface area contributed by atoms with Gasteiger partial charge >= 0.3 is 6.18 Å². The van der Waals surface area contributed by atoms with Gasteiger partial charge in [-0.25, -0.2) is 4.98 Å². The average molecular weight is 430 g/mol. The van der Waals surface area contributed by atoms with Gasteiger partial charge in [0.05, 0.1) is 17.9 Å². The number of benzene rings is 2. The first kappa shape index (κ1) is 21.4. The molecular weight excluding hydrogens is 405 g/mol. The van der Waals surface area contributed by atoms with Crippen molar-refractivity contribution in [3.63, 3.8) is 0 Å². The van der Waals surface area contributed by atoms with E-state index in [4.69, 9.17) is 14.9 Å². The predicted molar refractivity (Wildman–Crippen MR) is 112 cm³/mol. The predicted octanol–water partition coefficient (Wildman–Crippen LogP) is 5.67. The molecule has 1 aliphatic rings. The number of halogens is 3. The first-order chi connectivity index (χ1) is 14.8. The van der Waals surface area contributed by atoms with Gasteiger partial charge in [0.2, 0.25) is 5.89 Å². The fraction of sp³-hybridized carbons (Fsp3) is 0.375. The van der Waals surface area contributed by atoms with E-state index in [2.05, 4.69) is 17.1 Å². The Morgan fingerprint density at radius 2 is 1.94 bits per heavy atom. The van der Waals surface area contributed by atoms with Gasteiger partial charge in [-0.15, -0.1) is 0 Å². The first-order valence-corrected chi connectivity index (χ1v) is 10.4. The van der Waals surface area contributed by atoms with Crippen molar-refractivity contribution in [2.75, 3.05) is 13.2 Å². The number of alkyl halides is 3. The summed E-state index contributed by atoms with van der Waals surface area (Å²) < 4.78 is 49.9. The van der Waals surface area contributed by atoms with Crippen LogP contribution in [0.5, 0.6) is 5.75 Å². The smallest absolute Gasteiger partial charge is 0.416 e. The highest BCUT2D eigenvalue weighted by molar-refractivity contribution is 5.54. The normalized spacial score (nSPS) is 15.8. The van der Waals surface area contributed by atoms with Gasteiger partial charge in [0.1, 0.15) is 11.5 Å². The summed E-state index contributed by atoms with van der Waals surface area (Å²) in [5.41, 5.74) is 8.93. The summed E-state index contributed by atoms with van der Waals surface area (Å²) in [4.78, 5) is 4.36. The lowest BCUT2D eigenvalue weighted by atomic mass is 9.98. The highest BCUT2D eigenvalue weighted by Gasteiger charge is 2.30. The molecule has 2 aromatic carbocycles. The molecule has 1 aliphatic carbocycles. The maximum absolute atomic E-state index is 12.7. The molecule has 0 fully saturated rings. The van der Waals surface area contributed by atoms with E-state index < -0.39 is 11.7 Å². The number of hydrogen-bond acceptors (Lipinski definition) is 4. The monoisotopic (exact) mass is 430 g/mol. The number of oxazole rings is 1. The van der Waals surface area contributed by atoms with E-state index in [-0.39, 0.29) is 0 Å². The van der Waals surface area contributed by atoms with Crippen LogP contribution < -0.4 is 10.5 Å². The van der Waals surface area contributed by atoms with Crippen molar-refractivity contribution < 1.29 is 22.3 Å². The van der Waals surface area contributed by atoms with Crippen molar-refractivity contribution in [3.8, 4) is 17.2 Å². The third-order valence-electron chi connectivity index (χ3n) is 5.78. The third kappa shape index (κ3) is 4.77. The van der Waals surface area contributed by atoms with E-state index in [0.717, 1.165) is 37.1 Å². The zero-order chi connectivity index (χ0) is 22.0. The van der Waals surface area contributed by atoms with Gasteiger partial charge in [0, 0.05) is 12.0 Å². The minimum Gasteiger partial charge on any atom is -0.493 e. The molecule has 0 bridgehead atoms. The van der Waals surface area contributed by atoms with Crippen LogP contribution in [0.3, 0.4) is 0 Å². The van der Waals surface area contributed by atoms with Crippen molar-refractivity contribution >= 4 is 0 Å². The standard InChI is InChI=1S/C24H25F3N2O2/c1-15-22(31-23(29-15)17-4-6-19(7-5-17)24(25,26)27)11-13-30-20-8-9-21-16(10-12-28)2-3-18(21)14-20/h4-9,14,16H,2-3,10-13,28H2,1H3/t16-/m0/s1. The van der Waals surface area contributed by atoms with Crippen LogP contribution in [-0.2, 0) is 19.0 Å². The Balaban J connectivity index is 1.37. The van der Waals surface area contributed by atoms with Gasteiger partial charge in [0.25, 0.3) is 0 Å². The molecule has 1 heterocycles. The van der Waals surface area contributed by atoms with Crippen molar-refractivity contribution in [3.05, 3.63) is 70.6 Å². The Morgan fingerprint density at radius 3 is 2.65 bits per heavy atom. The van der Waals surface area contributed by atoms with Crippen LogP contribution in [0.1, 0.15) is 46.9 Å². The largest absolute Gasteiger partial charge is 0.493 e. The van der Waals surface area contributed by atoms with E-state index in [9.17, 15) is 13.2 Å². The van der Waals surface area contributed by atoms with Crippen molar-refractivity contribution in [2.24, 2.45) is 5.73 Å². The summed E-state index contributed by atoms with van der Waals surface area (Å²) >= 11 is 0. The second-order valence-corrected chi connectivity index (χ2v) is 7.87. The quantitative estimate of drug-likeness (QED) is 0.525. The Kier molecular flexibility index (Phi) is 6.05. The number of rotatable bonds is 7. The minimum atomic E-state index is -4.36. The van der Waals surface area contributed by atoms with Crippen LogP contribution in [0.2, 0.25) is 0 Å². The molecular formula is C24H25F3N2O2. The van der Waals surface area contributed by atoms with Gasteiger partial charge in [-0.05, 0) is 86.2 Å². The Morgan fingerprint density at radius 1 is 1.16 bits per heavy atom. The van der Waals surface area contributed by atoms with Crippen LogP contribution in [0.15, 0.2) is 46.9 Å². The number of aromatic nitrogens is 1. The van der Waals surface area contributed by atoms with Gasteiger partial charge in [0.15, 0.2) is 0 Å². The number of ether oxygens (including phenoxy) is 1. The van der Waals surface area contributed by atoms with Crippen LogP contribution in [0, 0.1) is 6.92 Å². The summed E-state index contributed by atoms with van der Waals surface area (Å²) in [7, 11) is 0. The molecule has 164 valence electrons. The molecule has 1 aromatic heterocycles. The molecule has 0 spiro atoms. The molecule has 4 nitrogen and oxygen atoms in total. The van der Waals surface area contributed by atoms with E-state index in [1.165, 1.54) is 23.3 Å². The first-order valence-electron chi connectivity index (χ1n) is 10.4. The van der Waals surface area contributed by atoms with Crippen molar-refractivity contribution in [1.82, 2.24) is 4.98 Å². The summed E-state index contributed by atoms with van der Waals surface area (Å²) in [5, 5.41) is 0. The molecule has 31 heavy (non-hydrogen) atoms. The fourth-order valence-corrected chi connectivity index (χ4v) is 4.12. The number of nitrogens with two attached hydrogens (primary N) is 1. The molecule has 2 N–H and O–H groups in total. The molecule has 7 heteroatoms. The summed E-state index contributed by atoms with van der Waals surface area (Å²) in [5.74, 6) is 2.35. The van der Waals surface area contributed by atoms with E-state index in [1.807, 2.05) is 13.0 Å². The zero-order valence-electron chi connectivity index (χ0n) is 17.3. The maximum atomic E-state index is 12.7. The van der Waals surface area contributed by atoms with Crippen LogP contribution in [0.4, 0.5) is 13.2 Å². The lowest BCUT2D eigenvalue weighted by Crippen LogP contribution is -2.05.